The summed E-state index contributed by atoms with van der Waals surface area (Å²) < 4.78 is 2.23. The van der Waals surface area contributed by atoms with Crippen LogP contribution in [0.25, 0.3) is 11.0 Å². The van der Waals surface area contributed by atoms with E-state index >= 15 is 0 Å². The lowest BCUT2D eigenvalue weighted by Crippen LogP contribution is -2.30. The molecule has 130 valence electrons. The Kier molecular flexibility index (Phi) is 5.56. The number of amides is 2. The topological polar surface area (TPSA) is 59.0 Å². The normalized spacial score (nSPS) is 10.8. The summed E-state index contributed by atoms with van der Waals surface area (Å²) in [6.07, 6.45) is 1.72. The molecule has 0 bridgehead atoms. The maximum Gasteiger partial charge on any atom is 0.319 e. The number of anilines is 1. The highest BCUT2D eigenvalue weighted by atomic mass is 35.5. The number of fused-ring (bicyclic) bond motifs is 1. The zero-order chi connectivity index (χ0) is 17.6. The van der Waals surface area contributed by atoms with Gasteiger partial charge in [-0.1, -0.05) is 36.7 Å². The van der Waals surface area contributed by atoms with Crippen LogP contribution >= 0.6 is 11.6 Å². The fourth-order valence-electron chi connectivity index (χ4n) is 2.82. The minimum atomic E-state index is -0.250. The first-order valence-corrected chi connectivity index (χ1v) is 8.79. The van der Waals surface area contributed by atoms with Crippen molar-refractivity contribution in [2.24, 2.45) is 0 Å². The zero-order valence-corrected chi connectivity index (χ0v) is 14.9. The van der Waals surface area contributed by atoms with E-state index in [1.54, 1.807) is 24.3 Å². The fourth-order valence-corrected chi connectivity index (χ4v) is 3.01. The monoisotopic (exact) mass is 356 g/mol. The van der Waals surface area contributed by atoms with Gasteiger partial charge in [0.1, 0.15) is 5.82 Å². The first kappa shape index (κ1) is 17.3. The number of nitrogens with one attached hydrogen (secondary N) is 2. The molecule has 2 N–H and O–H groups in total. The number of aromatic nitrogens is 2. The number of rotatable bonds is 6. The number of benzene rings is 2. The molecule has 0 unspecified atom stereocenters. The Bertz CT molecular complexity index is 875. The van der Waals surface area contributed by atoms with Crippen molar-refractivity contribution in [3.63, 3.8) is 0 Å². The van der Waals surface area contributed by atoms with Crippen LogP contribution in [0.15, 0.2) is 48.5 Å². The second-order valence-corrected chi connectivity index (χ2v) is 6.25. The minimum absolute atomic E-state index is 0.250. The number of nitrogens with zero attached hydrogens (tertiary/aromatic N) is 2. The van der Waals surface area contributed by atoms with E-state index in [0.717, 1.165) is 29.8 Å². The molecule has 3 rings (SSSR count). The molecule has 25 heavy (non-hydrogen) atoms. The van der Waals surface area contributed by atoms with Crippen molar-refractivity contribution in [2.75, 3.05) is 11.9 Å². The Morgan fingerprint density at radius 3 is 2.84 bits per heavy atom. The summed E-state index contributed by atoms with van der Waals surface area (Å²) in [5.74, 6) is 0.992. The number of halogens is 1. The highest BCUT2D eigenvalue weighted by Crippen LogP contribution is 2.17. The Balaban J connectivity index is 1.61. The number of urea groups is 1. The Morgan fingerprint density at radius 1 is 1.20 bits per heavy atom. The largest absolute Gasteiger partial charge is 0.337 e. The third-order valence-electron chi connectivity index (χ3n) is 3.90. The summed E-state index contributed by atoms with van der Waals surface area (Å²) in [5, 5.41) is 6.23. The molecular weight excluding hydrogens is 336 g/mol. The van der Waals surface area contributed by atoms with Crippen LogP contribution in [0.5, 0.6) is 0 Å². The van der Waals surface area contributed by atoms with Gasteiger partial charge in [0.05, 0.1) is 11.0 Å². The number of hydrogen-bond acceptors (Lipinski definition) is 2. The molecule has 2 aromatic carbocycles. The van der Waals surface area contributed by atoms with Crippen LogP contribution in [0.4, 0.5) is 10.5 Å². The quantitative estimate of drug-likeness (QED) is 0.684. The van der Waals surface area contributed by atoms with Crippen molar-refractivity contribution in [3.8, 4) is 0 Å². The predicted octanol–water partition coefficient (Wildman–Crippen LogP) is 4.46. The maximum absolute atomic E-state index is 12.0. The summed E-state index contributed by atoms with van der Waals surface area (Å²) in [4.78, 5) is 16.7. The van der Waals surface area contributed by atoms with Crippen molar-refractivity contribution in [1.29, 1.82) is 0 Å². The number of hydrogen-bond donors (Lipinski definition) is 2. The van der Waals surface area contributed by atoms with E-state index in [-0.39, 0.29) is 6.03 Å². The molecule has 0 fully saturated rings. The van der Waals surface area contributed by atoms with E-state index in [1.807, 2.05) is 18.2 Å². The van der Waals surface area contributed by atoms with Crippen molar-refractivity contribution in [1.82, 2.24) is 14.9 Å². The lowest BCUT2D eigenvalue weighted by molar-refractivity contribution is 0.252. The van der Waals surface area contributed by atoms with Gasteiger partial charge in [-0.3, -0.25) is 0 Å². The predicted molar refractivity (Wildman–Crippen MR) is 102 cm³/mol. The van der Waals surface area contributed by atoms with Crippen LogP contribution in [0.2, 0.25) is 5.02 Å². The molecule has 0 aliphatic heterocycles. The molecule has 0 atom stereocenters. The van der Waals surface area contributed by atoms with Crippen LogP contribution < -0.4 is 10.6 Å². The van der Waals surface area contributed by atoms with Crippen LogP contribution in [0, 0.1) is 0 Å². The SMILES string of the molecule is CCCn1c(CCNC(=O)Nc2cccc(Cl)c2)nc2ccccc21. The molecule has 5 nitrogen and oxygen atoms in total. The van der Waals surface area contributed by atoms with E-state index in [1.165, 1.54) is 0 Å². The smallest absolute Gasteiger partial charge is 0.319 e. The first-order chi connectivity index (χ1) is 12.2. The summed E-state index contributed by atoms with van der Waals surface area (Å²) >= 11 is 5.92. The highest BCUT2D eigenvalue weighted by Gasteiger charge is 2.10. The molecule has 1 heterocycles. The van der Waals surface area contributed by atoms with Crippen molar-refractivity contribution < 1.29 is 4.79 Å². The molecule has 0 aliphatic rings. The average molecular weight is 357 g/mol. The Hall–Kier alpha value is -2.53. The van der Waals surface area contributed by atoms with E-state index in [2.05, 4.69) is 28.2 Å². The van der Waals surface area contributed by atoms with Gasteiger partial charge in [-0.2, -0.15) is 0 Å². The van der Waals surface area contributed by atoms with Crippen molar-refractivity contribution in [3.05, 3.63) is 59.4 Å². The van der Waals surface area contributed by atoms with Gasteiger partial charge in [0, 0.05) is 30.2 Å². The first-order valence-electron chi connectivity index (χ1n) is 8.42. The van der Waals surface area contributed by atoms with Crippen LogP contribution in [-0.4, -0.2) is 22.1 Å². The van der Waals surface area contributed by atoms with E-state index in [9.17, 15) is 4.79 Å². The highest BCUT2D eigenvalue weighted by molar-refractivity contribution is 6.30. The standard InChI is InChI=1S/C19H21ClN4O/c1-2-12-24-17-9-4-3-8-16(17)23-18(24)10-11-21-19(25)22-15-7-5-6-14(20)13-15/h3-9,13H,2,10-12H2,1H3,(H2,21,22,25). The number of aryl methyl sites for hydroxylation is 1. The summed E-state index contributed by atoms with van der Waals surface area (Å²) in [5.41, 5.74) is 2.81. The average Bonchev–Trinajstić information content (AvgIpc) is 2.93. The number of carbonyl (C=O) groups is 1. The number of imidazole rings is 1. The van der Waals surface area contributed by atoms with Crippen LogP contribution in [-0.2, 0) is 13.0 Å². The van der Waals surface area contributed by atoms with Gasteiger partial charge in [-0.25, -0.2) is 9.78 Å². The van der Waals surface area contributed by atoms with Gasteiger partial charge in [0.2, 0.25) is 0 Å². The lowest BCUT2D eigenvalue weighted by atomic mass is 10.3. The second kappa shape index (κ2) is 8.03. The summed E-state index contributed by atoms with van der Waals surface area (Å²) in [6, 6.07) is 14.9. The number of carbonyl (C=O) groups excluding carboxylic acids is 1. The third kappa shape index (κ3) is 4.31. The van der Waals surface area contributed by atoms with Gasteiger partial charge < -0.3 is 15.2 Å². The molecule has 3 aromatic rings. The van der Waals surface area contributed by atoms with Crippen molar-refractivity contribution in [2.45, 2.75) is 26.3 Å². The molecule has 6 heteroatoms. The van der Waals surface area contributed by atoms with E-state index < -0.39 is 0 Å². The maximum atomic E-state index is 12.0. The van der Waals surface area contributed by atoms with Gasteiger partial charge in [0.25, 0.3) is 0 Å². The summed E-state index contributed by atoms with van der Waals surface area (Å²) in [7, 11) is 0. The van der Waals surface area contributed by atoms with Crippen LogP contribution in [0.3, 0.4) is 0 Å². The molecule has 0 saturated heterocycles. The third-order valence-corrected chi connectivity index (χ3v) is 4.13. The van der Waals surface area contributed by atoms with Gasteiger partial charge in [0.15, 0.2) is 0 Å². The zero-order valence-electron chi connectivity index (χ0n) is 14.1. The van der Waals surface area contributed by atoms with Gasteiger partial charge >= 0.3 is 6.03 Å². The molecule has 0 aliphatic carbocycles. The molecule has 2 amide bonds. The van der Waals surface area contributed by atoms with Crippen molar-refractivity contribution >= 4 is 34.4 Å². The van der Waals surface area contributed by atoms with Gasteiger partial charge in [-0.05, 0) is 36.8 Å². The Morgan fingerprint density at radius 2 is 2.04 bits per heavy atom. The second-order valence-electron chi connectivity index (χ2n) is 5.81. The fraction of sp³-hybridized carbons (Fsp3) is 0.263. The van der Waals surface area contributed by atoms with Crippen LogP contribution in [0.1, 0.15) is 19.2 Å². The molecule has 1 aromatic heterocycles. The minimum Gasteiger partial charge on any atom is -0.337 e. The molecular formula is C19H21ClN4O. The molecule has 0 radical (unpaired) electrons. The molecule has 0 saturated carbocycles. The summed E-state index contributed by atoms with van der Waals surface area (Å²) in [6.45, 7) is 3.58. The van der Waals surface area contributed by atoms with E-state index in [4.69, 9.17) is 16.6 Å². The van der Waals surface area contributed by atoms with Gasteiger partial charge in [-0.15, -0.1) is 0 Å². The lowest BCUT2D eigenvalue weighted by Gasteiger charge is -2.10. The molecule has 0 spiro atoms. The Labute approximate surface area is 152 Å². The number of para-hydroxylation sites is 2. The van der Waals surface area contributed by atoms with E-state index in [0.29, 0.717) is 23.7 Å².